The number of carbonyl (C=O) groups is 2. The van der Waals surface area contributed by atoms with Crippen molar-refractivity contribution < 1.29 is 19.1 Å². The van der Waals surface area contributed by atoms with Gasteiger partial charge in [-0.25, -0.2) is 0 Å². The number of nitrogens with zero attached hydrogens (tertiary/aromatic N) is 1. The van der Waals surface area contributed by atoms with Gasteiger partial charge in [0.2, 0.25) is 11.7 Å². The lowest BCUT2D eigenvalue weighted by molar-refractivity contribution is -0.134. The Labute approximate surface area is 139 Å². The molecule has 1 heterocycles. The van der Waals surface area contributed by atoms with Crippen LogP contribution in [-0.4, -0.2) is 43.5 Å². The maximum atomic E-state index is 12.3. The van der Waals surface area contributed by atoms with E-state index in [1.807, 2.05) is 42.5 Å². The van der Waals surface area contributed by atoms with E-state index in [1.165, 1.54) is 11.2 Å². The van der Waals surface area contributed by atoms with Crippen molar-refractivity contribution >= 4 is 28.3 Å². The number of hydrogen-bond donors (Lipinski definition) is 1. The second kappa shape index (κ2) is 7.04. The normalized spacial score (nSPS) is 13.5. The molecule has 1 aliphatic rings. The van der Waals surface area contributed by atoms with Crippen molar-refractivity contribution in [2.75, 3.05) is 32.1 Å². The van der Waals surface area contributed by atoms with Gasteiger partial charge in [-0.05, 0) is 11.5 Å². The second-order valence-corrected chi connectivity index (χ2v) is 5.44. The highest BCUT2D eigenvalue weighted by atomic mass is 16.6. The van der Waals surface area contributed by atoms with E-state index in [9.17, 15) is 9.59 Å². The van der Waals surface area contributed by atoms with Crippen molar-refractivity contribution in [2.45, 2.75) is 0 Å². The molecule has 0 spiro atoms. The summed E-state index contributed by atoms with van der Waals surface area (Å²) in [5.41, 5.74) is 0.718. The Morgan fingerprint density at radius 3 is 2.71 bits per heavy atom. The number of ether oxygens (including phenoxy) is 2. The fourth-order valence-corrected chi connectivity index (χ4v) is 2.48. The molecule has 24 heavy (non-hydrogen) atoms. The van der Waals surface area contributed by atoms with E-state index in [-0.39, 0.29) is 24.1 Å². The first-order valence-electron chi connectivity index (χ1n) is 7.63. The zero-order chi connectivity index (χ0) is 16.9. The molecule has 0 saturated heterocycles. The minimum atomic E-state index is -0.386. The van der Waals surface area contributed by atoms with Crippen LogP contribution in [0.25, 0.3) is 10.8 Å². The summed E-state index contributed by atoms with van der Waals surface area (Å²) in [4.78, 5) is 25.7. The van der Waals surface area contributed by atoms with E-state index in [1.54, 1.807) is 7.05 Å². The fourth-order valence-electron chi connectivity index (χ4n) is 2.48. The number of carbonyl (C=O) groups excluding carboxylic acids is 2. The molecule has 0 saturated carbocycles. The Morgan fingerprint density at radius 2 is 1.92 bits per heavy atom. The largest absolute Gasteiger partial charge is 0.494 e. The van der Waals surface area contributed by atoms with E-state index >= 15 is 0 Å². The summed E-state index contributed by atoms with van der Waals surface area (Å²) < 4.78 is 10.3. The summed E-state index contributed by atoms with van der Waals surface area (Å²) in [5.74, 6) is -0.552. The SMILES string of the molecule is CN(CC(=O)Nc1cccc2ccccc12)C(=O)C1=COCCO1. The van der Waals surface area contributed by atoms with Gasteiger partial charge in [0.15, 0.2) is 0 Å². The highest BCUT2D eigenvalue weighted by molar-refractivity contribution is 6.04. The molecule has 6 heteroatoms. The monoisotopic (exact) mass is 326 g/mol. The lowest BCUT2D eigenvalue weighted by Crippen LogP contribution is -2.37. The van der Waals surface area contributed by atoms with Crippen molar-refractivity contribution in [3.8, 4) is 0 Å². The standard InChI is InChI=1S/C18H18N2O4/c1-20(18(22)16-12-23-9-10-24-16)11-17(21)19-15-8-4-6-13-5-2-3-7-14(13)15/h2-8,12H,9-11H2,1H3,(H,19,21). The summed E-state index contributed by atoms with van der Waals surface area (Å²) in [5, 5.41) is 4.84. The number of amides is 2. The third-order valence-corrected chi connectivity index (χ3v) is 3.65. The molecule has 6 nitrogen and oxygen atoms in total. The first-order chi connectivity index (χ1) is 11.6. The van der Waals surface area contributed by atoms with Gasteiger partial charge in [-0.15, -0.1) is 0 Å². The van der Waals surface area contributed by atoms with Crippen molar-refractivity contribution in [2.24, 2.45) is 0 Å². The highest BCUT2D eigenvalue weighted by Crippen LogP contribution is 2.22. The molecule has 1 N–H and O–H groups in total. The third-order valence-electron chi connectivity index (χ3n) is 3.65. The molecule has 0 atom stereocenters. The highest BCUT2D eigenvalue weighted by Gasteiger charge is 2.21. The van der Waals surface area contributed by atoms with E-state index in [0.29, 0.717) is 13.2 Å². The average molecular weight is 326 g/mol. The van der Waals surface area contributed by atoms with Crippen LogP contribution in [-0.2, 0) is 19.1 Å². The Bertz CT molecular complexity index is 795. The average Bonchev–Trinajstić information content (AvgIpc) is 2.62. The van der Waals surface area contributed by atoms with Gasteiger partial charge in [0, 0.05) is 18.1 Å². The van der Waals surface area contributed by atoms with Crippen LogP contribution in [0.2, 0.25) is 0 Å². The quantitative estimate of drug-likeness (QED) is 0.934. The number of rotatable bonds is 4. The summed E-state index contributed by atoms with van der Waals surface area (Å²) in [7, 11) is 1.55. The first kappa shape index (κ1) is 15.9. The van der Waals surface area contributed by atoms with E-state index in [2.05, 4.69) is 5.32 Å². The summed E-state index contributed by atoms with van der Waals surface area (Å²) in [6.45, 7) is 0.665. The number of anilines is 1. The molecule has 0 bridgehead atoms. The van der Waals surface area contributed by atoms with Gasteiger partial charge in [0.25, 0.3) is 5.91 Å². The van der Waals surface area contributed by atoms with Crippen molar-refractivity contribution in [3.63, 3.8) is 0 Å². The molecule has 3 rings (SSSR count). The topological polar surface area (TPSA) is 67.9 Å². The molecule has 2 amide bonds. The Balaban J connectivity index is 1.66. The summed E-state index contributed by atoms with van der Waals surface area (Å²) in [6.07, 6.45) is 1.28. The van der Waals surface area contributed by atoms with Gasteiger partial charge < -0.3 is 19.7 Å². The third kappa shape index (κ3) is 3.48. The van der Waals surface area contributed by atoms with E-state index < -0.39 is 0 Å². The van der Waals surface area contributed by atoms with Crippen LogP contribution in [0.5, 0.6) is 0 Å². The molecular formula is C18H18N2O4. The van der Waals surface area contributed by atoms with Gasteiger partial charge >= 0.3 is 0 Å². The van der Waals surface area contributed by atoms with Gasteiger partial charge in [0.1, 0.15) is 19.5 Å². The van der Waals surface area contributed by atoms with Crippen molar-refractivity contribution in [3.05, 3.63) is 54.5 Å². The number of nitrogens with one attached hydrogen (secondary N) is 1. The number of hydrogen-bond acceptors (Lipinski definition) is 4. The molecule has 0 unspecified atom stereocenters. The van der Waals surface area contributed by atoms with Crippen molar-refractivity contribution in [1.82, 2.24) is 4.90 Å². The lowest BCUT2D eigenvalue weighted by Gasteiger charge is -2.21. The van der Waals surface area contributed by atoms with Gasteiger partial charge in [0.05, 0.1) is 6.54 Å². The summed E-state index contributed by atoms with van der Waals surface area (Å²) in [6, 6.07) is 13.5. The van der Waals surface area contributed by atoms with Crippen LogP contribution in [0.15, 0.2) is 54.5 Å². The van der Waals surface area contributed by atoms with Gasteiger partial charge in [-0.3, -0.25) is 9.59 Å². The van der Waals surface area contributed by atoms with Crippen LogP contribution in [0.1, 0.15) is 0 Å². The predicted molar refractivity (Wildman–Crippen MR) is 90.2 cm³/mol. The second-order valence-electron chi connectivity index (χ2n) is 5.44. The number of benzene rings is 2. The molecule has 0 fully saturated rings. The Morgan fingerprint density at radius 1 is 1.12 bits per heavy atom. The zero-order valence-electron chi connectivity index (χ0n) is 13.3. The molecule has 124 valence electrons. The smallest absolute Gasteiger partial charge is 0.292 e. The number of likely N-dealkylation sites (N-methyl/N-ethyl adjacent to an activating group) is 1. The van der Waals surface area contributed by atoms with Gasteiger partial charge in [-0.1, -0.05) is 36.4 Å². The molecule has 0 aliphatic carbocycles. The maximum absolute atomic E-state index is 12.3. The van der Waals surface area contributed by atoms with Crippen LogP contribution in [0, 0.1) is 0 Å². The molecule has 1 aliphatic heterocycles. The molecule has 2 aromatic rings. The molecule has 0 aromatic heterocycles. The fraction of sp³-hybridized carbons (Fsp3) is 0.222. The molecule has 0 radical (unpaired) electrons. The first-order valence-corrected chi connectivity index (χ1v) is 7.63. The zero-order valence-corrected chi connectivity index (χ0v) is 13.3. The van der Waals surface area contributed by atoms with Crippen LogP contribution in [0.4, 0.5) is 5.69 Å². The molecule has 2 aromatic carbocycles. The Hall–Kier alpha value is -3.02. The van der Waals surface area contributed by atoms with E-state index in [4.69, 9.17) is 9.47 Å². The Kier molecular flexibility index (Phi) is 4.65. The van der Waals surface area contributed by atoms with Gasteiger partial charge in [-0.2, -0.15) is 0 Å². The van der Waals surface area contributed by atoms with Crippen molar-refractivity contribution in [1.29, 1.82) is 0 Å². The number of fused-ring (bicyclic) bond motifs is 1. The minimum absolute atomic E-state index is 0.0806. The summed E-state index contributed by atoms with van der Waals surface area (Å²) >= 11 is 0. The van der Waals surface area contributed by atoms with Crippen LogP contribution >= 0.6 is 0 Å². The molecular weight excluding hydrogens is 308 g/mol. The van der Waals surface area contributed by atoms with Crippen LogP contribution < -0.4 is 5.32 Å². The maximum Gasteiger partial charge on any atom is 0.292 e. The van der Waals surface area contributed by atoms with Crippen LogP contribution in [0.3, 0.4) is 0 Å². The minimum Gasteiger partial charge on any atom is -0.494 e. The van der Waals surface area contributed by atoms with E-state index in [0.717, 1.165) is 16.5 Å². The lowest BCUT2D eigenvalue weighted by atomic mass is 10.1. The predicted octanol–water partition coefficient (Wildman–Crippen LogP) is 2.12.